The maximum absolute atomic E-state index is 14.6. The number of amides is 4. The van der Waals surface area contributed by atoms with Crippen LogP contribution in [0.3, 0.4) is 0 Å². The highest BCUT2D eigenvalue weighted by Crippen LogP contribution is 2.37. The Balaban J connectivity index is 1.39. The number of urea groups is 1. The number of aromatic amines is 1. The molecular formula is C37H42ClN5O7S. The molecule has 51 heavy (non-hydrogen) atoms. The van der Waals surface area contributed by atoms with E-state index < -0.39 is 33.9 Å². The molecular weight excluding hydrogens is 694 g/mol. The van der Waals surface area contributed by atoms with Gasteiger partial charge in [-0.05, 0) is 86.0 Å². The van der Waals surface area contributed by atoms with Gasteiger partial charge in [0.15, 0.2) is 0 Å². The molecule has 0 spiro atoms. The summed E-state index contributed by atoms with van der Waals surface area (Å²) < 4.78 is 41.1. The number of nitrogens with one attached hydrogen (secondary N) is 1. The summed E-state index contributed by atoms with van der Waals surface area (Å²) in [5.74, 6) is -0.0547. The first-order valence-electron chi connectivity index (χ1n) is 16.9. The van der Waals surface area contributed by atoms with Crippen molar-refractivity contribution in [1.29, 1.82) is 0 Å². The molecule has 12 nitrogen and oxygen atoms in total. The monoisotopic (exact) mass is 735 g/mol. The predicted molar refractivity (Wildman–Crippen MR) is 194 cm³/mol. The molecule has 1 saturated heterocycles. The number of methoxy groups -OCH3 is 1. The zero-order valence-corrected chi connectivity index (χ0v) is 30.6. The van der Waals surface area contributed by atoms with Gasteiger partial charge < -0.3 is 25.1 Å². The lowest BCUT2D eigenvalue weighted by Gasteiger charge is -2.30. The van der Waals surface area contributed by atoms with Crippen LogP contribution in [0.2, 0.25) is 5.02 Å². The van der Waals surface area contributed by atoms with Gasteiger partial charge in [0.25, 0.3) is 21.8 Å². The fourth-order valence-corrected chi connectivity index (χ4v) is 8.92. The molecule has 3 unspecified atom stereocenters. The molecule has 1 aromatic heterocycles. The number of rotatable bonds is 11. The average Bonchev–Trinajstić information content (AvgIpc) is 3.63. The molecule has 4 amide bonds. The smallest absolute Gasteiger partial charge is 0.341 e. The van der Waals surface area contributed by atoms with Crippen molar-refractivity contribution in [3.8, 4) is 17.2 Å². The lowest BCUT2D eigenvalue weighted by Crippen LogP contribution is -2.42. The zero-order valence-electron chi connectivity index (χ0n) is 29.0. The molecule has 1 saturated carbocycles. The summed E-state index contributed by atoms with van der Waals surface area (Å²) in [7, 11) is -0.155. The quantitative estimate of drug-likeness (QED) is 0.179. The topological polar surface area (TPSA) is 155 Å². The Labute approximate surface area is 302 Å². The normalized spacial score (nSPS) is 19.5. The summed E-state index contributed by atoms with van der Waals surface area (Å²) in [5.41, 5.74) is 8.45. The number of para-hydroxylation sites is 1. The van der Waals surface area contributed by atoms with Crippen LogP contribution in [0.5, 0.6) is 17.2 Å². The van der Waals surface area contributed by atoms with Gasteiger partial charge in [-0.25, -0.2) is 17.5 Å². The lowest BCUT2D eigenvalue weighted by atomic mass is 9.81. The van der Waals surface area contributed by atoms with Gasteiger partial charge in [0, 0.05) is 50.2 Å². The van der Waals surface area contributed by atoms with Gasteiger partial charge in [0.1, 0.15) is 23.3 Å². The summed E-state index contributed by atoms with van der Waals surface area (Å²) in [6, 6.07) is 12.0. The molecule has 6 rings (SSSR count). The second-order valence-corrected chi connectivity index (χ2v) is 15.7. The fourth-order valence-electron chi connectivity index (χ4n) is 7.13. The Hall–Kier alpha value is -4.59. The summed E-state index contributed by atoms with van der Waals surface area (Å²) >= 11 is 6.29. The number of nitrogens with two attached hydrogens (primary N) is 1. The van der Waals surface area contributed by atoms with Crippen molar-refractivity contribution in [2.24, 2.45) is 17.6 Å². The zero-order chi connectivity index (χ0) is 36.6. The maximum atomic E-state index is 14.6. The Morgan fingerprint density at radius 2 is 1.80 bits per heavy atom. The SMILES string of the molecule is COc1ccc(Oc2ccc(S(=O)(=O)N3C(=O)N(CC4CCCC(CN)C4)C(=O)C3Cc3c[nH]c4c(C)cccc34)cc2C(=O)N(C)C)cc1Cl. The van der Waals surface area contributed by atoms with Gasteiger partial charge >= 0.3 is 6.03 Å². The molecule has 14 heteroatoms. The van der Waals surface area contributed by atoms with E-state index in [1.54, 1.807) is 18.3 Å². The number of nitrogens with zero attached hydrogens (tertiary/aromatic N) is 3. The highest BCUT2D eigenvalue weighted by atomic mass is 35.5. The van der Waals surface area contributed by atoms with E-state index in [-0.39, 0.29) is 51.8 Å². The number of carbonyl (C=O) groups excluding carboxylic acids is 3. The molecule has 0 radical (unpaired) electrons. The third kappa shape index (κ3) is 7.02. The first-order chi connectivity index (χ1) is 24.3. The van der Waals surface area contributed by atoms with Crippen LogP contribution in [0.25, 0.3) is 10.9 Å². The third-order valence-corrected chi connectivity index (χ3v) is 11.9. The van der Waals surface area contributed by atoms with Gasteiger partial charge in [-0.1, -0.05) is 36.2 Å². The Morgan fingerprint density at radius 1 is 1.06 bits per heavy atom. The number of hydrogen-bond donors (Lipinski definition) is 2. The first kappa shape index (κ1) is 36.2. The van der Waals surface area contributed by atoms with Gasteiger partial charge in [-0.3, -0.25) is 14.5 Å². The van der Waals surface area contributed by atoms with Crippen LogP contribution in [0.1, 0.15) is 47.2 Å². The number of ether oxygens (including phenoxy) is 2. The number of aryl methyl sites for hydroxylation is 1. The van der Waals surface area contributed by atoms with Crippen LogP contribution >= 0.6 is 11.6 Å². The number of carbonyl (C=O) groups is 3. The first-order valence-corrected chi connectivity index (χ1v) is 18.7. The molecule has 2 aliphatic rings. The van der Waals surface area contributed by atoms with Crippen molar-refractivity contribution >= 4 is 50.4 Å². The number of aromatic nitrogens is 1. The van der Waals surface area contributed by atoms with Crippen LogP contribution in [-0.2, 0) is 21.2 Å². The standard InChI is InChI=1S/C37H42ClN5O7S/c1-22-7-5-10-28-25(20-40-34(22)28)16-31-36(45)42(21-24-9-6-8-23(15-24)19-39)37(46)43(31)51(47,48)27-12-14-32(29(18-27)35(44)41(2)3)50-26-11-13-33(49-4)30(38)17-26/h5,7,10-14,17-18,20,23-24,31,40H,6,8-9,15-16,19,21,39H2,1-4H3. The number of benzene rings is 3. The predicted octanol–water partition coefficient (Wildman–Crippen LogP) is 5.96. The minimum Gasteiger partial charge on any atom is -0.495 e. The molecule has 4 aromatic rings. The molecule has 2 heterocycles. The Bertz CT molecular complexity index is 2100. The van der Waals surface area contributed by atoms with E-state index in [1.165, 1.54) is 50.4 Å². The van der Waals surface area contributed by atoms with E-state index in [2.05, 4.69) is 4.98 Å². The van der Waals surface area contributed by atoms with Crippen molar-refractivity contribution in [1.82, 2.24) is 19.1 Å². The van der Waals surface area contributed by atoms with Crippen molar-refractivity contribution < 1.29 is 32.3 Å². The van der Waals surface area contributed by atoms with Gasteiger partial charge in [-0.15, -0.1) is 0 Å². The molecule has 270 valence electrons. The van der Waals surface area contributed by atoms with Gasteiger partial charge in [0.2, 0.25) is 0 Å². The van der Waals surface area contributed by atoms with Crippen molar-refractivity contribution in [3.05, 3.63) is 82.5 Å². The summed E-state index contributed by atoms with van der Waals surface area (Å²) in [6.45, 7) is 2.57. The highest BCUT2D eigenvalue weighted by Gasteiger charge is 2.52. The molecule has 0 bridgehead atoms. The van der Waals surface area contributed by atoms with E-state index in [0.717, 1.165) is 47.0 Å². The number of imide groups is 1. The summed E-state index contributed by atoms with van der Waals surface area (Å²) in [5, 5.41) is 1.11. The van der Waals surface area contributed by atoms with Crippen LogP contribution in [-0.4, -0.2) is 85.7 Å². The third-order valence-electron chi connectivity index (χ3n) is 9.84. The Kier molecular flexibility index (Phi) is 10.3. The van der Waals surface area contributed by atoms with Gasteiger partial charge in [0.05, 0.1) is 22.6 Å². The van der Waals surface area contributed by atoms with Crippen LogP contribution in [0.15, 0.2) is 65.7 Å². The van der Waals surface area contributed by atoms with Crippen LogP contribution < -0.4 is 15.2 Å². The second kappa shape index (κ2) is 14.6. The van der Waals surface area contributed by atoms with E-state index in [0.29, 0.717) is 22.2 Å². The number of halogens is 1. The van der Waals surface area contributed by atoms with Crippen molar-refractivity contribution in [2.45, 2.75) is 50.0 Å². The Morgan fingerprint density at radius 3 is 2.51 bits per heavy atom. The van der Waals surface area contributed by atoms with Crippen LogP contribution in [0, 0.1) is 18.8 Å². The van der Waals surface area contributed by atoms with E-state index >= 15 is 0 Å². The average molecular weight is 736 g/mol. The molecule has 3 N–H and O–H groups in total. The molecule has 1 aliphatic carbocycles. The largest absolute Gasteiger partial charge is 0.495 e. The van der Waals surface area contributed by atoms with E-state index in [1.807, 2.05) is 25.1 Å². The maximum Gasteiger partial charge on any atom is 0.341 e. The van der Waals surface area contributed by atoms with E-state index in [4.69, 9.17) is 26.8 Å². The minimum absolute atomic E-state index is 0.00597. The number of fused-ring (bicyclic) bond motifs is 1. The molecule has 2 fully saturated rings. The fraction of sp³-hybridized carbons (Fsp3) is 0.378. The molecule has 3 atom stereocenters. The number of hydrogen-bond acceptors (Lipinski definition) is 8. The summed E-state index contributed by atoms with van der Waals surface area (Å²) in [4.78, 5) is 47.2. The molecule has 3 aromatic carbocycles. The lowest BCUT2D eigenvalue weighted by molar-refractivity contribution is -0.128. The number of sulfonamides is 1. The minimum atomic E-state index is -4.68. The van der Waals surface area contributed by atoms with Crippen molar-refractivity contribution in [3.63, 3.8) is 0 Å². The second-order valence-electron chi connectivity index (χ2n) is 13.5. The number of H-pyrrole nitrogens is 1. The molecule has 1 aliphatic heterocycles. The van der Waals surface area contributed by atoms with Gasteiger partial charge in [-0.2, -0.15) is 0 Å². The van der Waals surface area contributed by atoms with Crippen molar-refractivity contribution in [2.75, 3.05) is 34.3 Å². The van der Waals surface area contributed by atoms with Crippen LogP contribution in [0.4, 0.5) is 4.79 Å². The van der Waals surface area contributed by atoms with E-state index in [9.17, 15) is 22.8 Å². The highest BCUT2D eigenvalue weighted by molar-refractivity contribution is 7.89. The summed E-state index contributed by atoms with van der Waals surface area (Å²) in [6.07, 6.45) is 5.18.